The summed E-state index contributed by atoms with van der Waals surface area (Å²) in [6, 6.07) is 0. The highest BCUT2D eigenvalue weighted by Crippen LogP contribution is 1.87. The van der Waals surface area contributed by atoms with Crippen LogP contribution in [0, 0.1) is 0 Å². The fourth-order valence-corrected chi connectivity index (χ4v) is 0.675. The van der Waals surface area contributed by atoms with E-state index >= 15 is 0 Å². The zero-order chi connectivity index (χ0) is 7.82. The van der Waals surface area contributed by atoms with Gasteiger partial charge in [-0.05, 0) is 19.9 Å². The molecule has 0 saturated heterocycles. The SMILES string of the molecule is C=COC(C)NCCCC. The monoisotopic (exact) mass is 143 g/mol. The van der Waals surface area contributed by atoms with Gasteiger partial charge in [-0.2, -0.15) is 0 Å². The molecule has 0 aromatic rings. The molecule has 0 fully saturated rings. The Balaban J connectivity index is 3.04. The first-order valence-corrected chi connectivity index (χ1v) is 3.81. The Hall–Kier alpha value is -0.500. The maximum Gasteiger partial charge on any atom is 0.146 e. The molecule has 2 nitrogen and oxygen atoms in total. The van der Waals surface area contributed by atoms with Crippen LogP contribution in [0.3, 0.4) is 0 Å². The van der Waals surface area contributed by atoms with Crippen molar-refractivity contribution in [2.24, 2.45) is 0 Å². The highest BCUT2D eigenvalue weighted by Gasteiger charge is 1.94. The second-order valence-electron chi connectivity index (χ2n) is 2.25. The number of hydrogen-bond donors (Lipinski definition) is 1. The van der Waals surface area contributed by atoms with Crippen molar-refractivity contribution in [3.05, 3.63) is 12.8 Å². The van der Waals surface area contributed by atoms with Crippen LogP contribution < -0.4 is 5.32 Å². The number of unbranched alkanes of at least 4 members (excludes halogenated alkanes) is 1. The van der Waals surface area contributed by atoms with E-state index in [-0.39, 0.29) is 6.23 Å². The average Bonchev–Trinajstić information content (AvgIpc) is 1.89. The summed E-state index contributed by atoms with van der Waals surface area (Å²) in [5, 5.41) is 3.19. The molecule has 0 aromatic heterocycles. The van der Waals surface area contributed by atoms with Gasteiger partial charge in [-0.25, -0.2) is 0 Å². The van der Waals surface area contributed by atoms with E-state index in [4.69, 9.17) is 4.74 Å². The molecular weight excluding hydrogens is 126 g/mol. The van der Waals surface area contributed by atoms with E-state index in [2.05, 4.69) is 18.8 Å². The lowest BCUT2D eigenvalue weighted by Gasteiger charge is -2.11. The summed E-state index contributed by atoms with van der Waals surface area (Å²) in [6.07, 6.45) is 3.98. The van der Waals surface area contributed by atoms with Crippen LogP contribution in [0.5, 0.6) is 0 Å². The molecule has 0 bridgehead atoms. The van der Waals surface area contributed by atoms with E-state index in [1.807, 2.05) is 6.92 Å². The van der Waals surface area contributed by atoms with Gasteiger partial charge in [0.15, 0.2) is 0 Å². The minimum atomic E-state index is 0.101. The van der Waals surface area contributed by atoms with Gasteiger partial charge >= 0.3 is 0 Å². The molecule has 0 saturated carbocycles. The third-order valence-corrected chi connectivity index (χ3v) is 1.26. The summed E-state index contributed by atoms with van der Waals surface area (Å²) >= 11 is 0. The lowest BCUT2D eigenvalue weighted by Crippen LogP contribution is -2.27. The molecule has 0 aliphatic heterocycles. The van der Waals surface area contributed by atoms with Crippen molar-refractivity contribution in [2.75, 3.05) is 6.54 Å². The fraction of sp³-hybridized carbons (Fsp3) is 0.750. The zero-order valence-corrected chi connectivity index (χ0v) is 6.89. The Morgan fingerprint density at radius 2 is 2.40 bits per heavy atom. The first-order valence-electron chi connectivity index (χ1n) is 3.81. The van der Waals surface area contributed by atoms with Gasteiger partial charge in [-0.3, -0.25) is 5.32 Å². The van der Waals surface area contributed by atoms with Crippen molar-refractivity contribution in [1.29, 1.82) is 0 Å². The van der Waals surface area contributed by atoms with Crippen LogP contribution in [0.1, 0.15) is 26.7 Å². The molecule has 1 N–H and O–H groups in total. The van der Waals surface area contributed by atoms with Crippen molar-refractivity contribution in [3.8, 4) is 0 Å². The van der Waals surface area contributed by atoms with Gasteiger partial charge < -0.3 is 4.74 Å². The molecule has 0 heterocycles. The molecule has 10 heavy (non-hydrogen) atoms. The molecule has 0 rings (SSSR count). The average molecular weight is 143 g/mol. The summed E-state index contributed by atoms with van der Waals surface area (Å²) < 4.78 is 5.04. The lowest BCUT2D eigenvalue weighted by molar-refractivity contribution is 0.129. The molecule has 60 valence electrons. The maximum atomic E-state index is 5.04. The predicted molar refractivity (Wildman–Crippen MR) is 43.7 cm³/mol. The Bertz CT molecular complexity index is 83.3. The predicted octanol–water partition coefficient (Wildman–Crippen LogP) is 1.88. The van der Waals surface area contributed by atoms with E-state index in [1.165, 1.54) is 19.1 Å². The van der Waals surface area contributed by atoms with Gasteiger partial charge in [-0.1, -0.05) is 19.9 Å². The zero-order valence-electron chi connectivity index (χ0n) is 6.89. The van der Waals surface area contributed by atoms with E-state index in [1.54, 1.807) is 0 Å². The summed E-state index contributed by atoms with van der Waals surface area (Å²) in [5.74, 6) is 0. The second kappa shape index (κ2) is 6.62. The van der Waals surface area contributed by atoms with Crippen LogP contribution in [0.25, 0.3) is 0 Å². The van der Waals surface area contributed by atoms with Gasteiger partial charge in [0.25, 0.3) is 0 Å². The van der Waals surface area contributed by atoms with Gasteiger partial charge in [0, 0.05) is 0 Å². The third kappa shape index (κ3) is 5.63. The Labute approximate surface area is 63.3 Å². The largest absolute Gasteiger partial charge is 0.484 e. The van der Waals surface area contributed by atoms with E-state index in [9.17, 15) is 0 Å². The van der Waals surface area contributed by atoms with Crippen molar-refractivity contribution < 1.29 is 4.74 Å². The Morgan fingerprint density at radius 3 is 2.90 bits per heavy atom. The van der Waals surface area contributed by atoms with Crippen molar-refractivity contribution in [2.45, 2.75) is 32.9 Å². The van der Waals surface area contributed by atoms with Crippen LogP contribution in [-0.2, 0) is 4.74 Å². The molecule has 0 aliphatic carbocycles. The van der Waals surface area contributed by atoms with Crippen LogP contribution in [-0.4, -0.2) is 12.8 Å². The Morgan fingerprint density at radius 1 is 1.70 bits per heavy atom. The molecule has 0 aromatic carbocycles. The van der Waals surface area contributed by atoms with Crippen molar-refractivity contribution in [1.82, 2.24) is 5.32 Å². The number of rotatable bonds is 6. The molecule has 0 radical (unpaired) electrons. The first-order chi connectivity index (χ1) is 4.81. The molecule has 0 aliphatic rings. The highest BCUT2D eigenvalue weighted by molar-refractivity contribution is 4.55. The smallest absolute Gasteiger partial charge is 0.146 e. The van der Waals surface area contributed by atoms with Gasteiger partial charge in [0.2, 0.25) is 0 Å². The second-order valence-corrected chi connectivity index (χ2v) is 2.25. The standard InChI is InChI=1S/C8H17NO/c1-4-6-7-9-8(3)10-5-2/h5,8-9H,2,4,6-7H2,1,3H3. The molecule has 1 atom stereocenters. The third-order valence-electron chi connectivity index (χ3n) is 1.26. The highest BCUT2D eigenvalue weighted by atomic mass is 16.5. The van der Waals surface area contributed by atoms with E-state index < -0.39 is 0 Å². The quantitative estimate of drug-likeness (QED) is 0.348. The molecular formula is C8H17NO. The fourth-order valence-electron chi connectivity index (χ4n) is 0.675. The van der Waals surface area contributed by atoms with Crippen molar-refractivity contribution in [3.63, 3.8) is 0 Å². The number of nitrogens with one attached hydrogen (secondary N) is 1. The topological polar surface area (TPSA) is 21.3 Å². The number of ether oxygens (including phenoxy) is 1. The summed E-state index contributed by atoms with van der Waals surface area (Å²) in [5.41, 5.74) is 0. The minimum Gasteiger partial charge on any atom is -0.484 e. The summed E-state index contributed by atoms with van der Waals surface area (Å²) in [4.78, 5) is 0. The van der Waals surface area contributed by atoms with E-state index in [0.29, 0.717) is 0 Å². The normalized spacial score (nSPS) is 12.6. The molecule has 1 unspecified atom stereocenters. The van der Waals surface area contributed by atoms with Crippen LogP contribution in [0.4, 0.5) is 0 Å². The minimum absolute atomic E-state index is 0.101. The molecule has 2 heteroatoms. The van der Waals surface area contributed by atoms with E-state index in [0.717, 1.165) is 6.54 Å². The van der Waals surface area contributed by atoms with Gasteiger partial charge in [-0.15, -0.1) is 0 Å². The maximum absolute atomic E-state index is 5.04. The Kier molecular flexibility index (Phi) is 6.29. The van der Waals surface area contributed by atoms with Crippen molar-refractivity contribution >= 4 is 0 Å². The summed E-state index contributed by atoms with van der Waals surface area (Å²) in [7, 11) is 0. The lowest BCUT2D eigenvalue weighted by atomic mass is 10.3. The van der Waals surface area contributed by atoms with Crippen LogP contribution >= 0.6 is 0 Å². The van der Waals surface area contributed by atoms with Crippen LogP contribution in [0.15, 0.2) is 12.8 Å². The molecule has 0 amide bonds. The first kappa shape index (κ1) is 9.50. The van der Waals surface area contributed by atoms with Gasteiger partial charge in [0.1, 0.15) is 6.23 Å². The van der Waals surface area contributed by atoms with Gasteiger partial charge in [0.05, 0.1) is 6.26 Å². The number of hydrogen-bond acceptors (Lipinski definition) is 2. The van der Waals surface area contributed by atoms with Crippen LogP contribution in [0.2, 0.25) is 0 Å². The molecule has 0 spiro atoms. The summed E-state index contributed by atoms with van der Waals surface area (Å²) in [6.45, 7) is 8.62.